The minimum atomic E-state index is -0.670. The lowest BCUT2D eigenvalue weighted by atomic mass is 10.1. The van der Waals surface area contributed by atoms with Crippen LogP contribution in [0.25, 0.3) is 0 Å². The normalized spacial score (nSPS) is 12.7. The first-order valence-corrected chi connectivity index (χ1v) is 6.38. The molecule has 0 spiro atoms. The molecular formula is C15H20N2O2. The van der Waals surface area contributed by atoms with E-state index in [1.54, 1.807) is 13.3 Å². The molecular weight excluding hydrogens is 240 g/mol. The Morgan fingerprint density at radius 2 is 1.84 bits per heavy atom. The Hall–Kier alpha value is -1.81. The molecule has 19 heavy (non-hydrogen) atoms. The molecule has 0 fully saturated rings. The first-order chi connectivity index (χ1) is 9.04. The van der Waals surface area contributed by atoms with Crippen molar-refractivity contribution in [2.45, 2.75) is 25.9 Å². The third kappa shape index (κ3) is 2.63. The largest absolute Gasteiger partial charge is 0.497 e. The number of ether oxygens (including phenoxy) is 1. The quantitative estimate of drug-likeness (QED) is 0.919. The Bertz CT molecular complexity index is 544. The summed E-state index contributed by atoms with van der Waals surface area (Å²) < 4.78 is 7.07. The highest BCUT2D eigenvalue weighted by Gasteiger charge is 2.17. The highest BCUT2D eigenvalue weighted by atomic mass is 16.5. The van der Waals surface area contributed by atoms with Crippen molar-refractivity contribution in [2.24, 2.45) is 7.05 Å². The third-order valence-corrected chi connectivity index (χ3v) is 3.29. The van der Waals surface area contributed by atoms with Gasteiger partial charge in [0.25, 0.3) is 0 Å². The van der Waals surface area contributed by atoms with Crippen molar-refractivity contribution < 1.29 is 9.84 Å². The summed E-state index contributed by atoms with van der Waals surface area (Å²) in [4.78, 5) is 4.37. The van der Waals surface area contributed by atoms with E-state index in [-0.39, 0.29) is 0 Å². The second-order valence-electron chi connectivity index (χ2n) is 4.93. The molecule has 0 amide bonds. The molecule has 0 saturated heterocycles. The van der Waals surface area contributed by atoms with E-state index in [0.717, 1.165) is 22.8 Å². The number of aliphatic hydroxyl groups is 1. The first-order valence-electron chi connectivity index (χ1n) is 6.38. The summed E-state index contributed by atoms with van der Waals surface area (Å²) in [6, 6.07) is 7.42. The van der Waals surface area contributed by atoms with E-state index in [9.17, 15) is 5.11 Å². The van der Waals surface area contributed by atoms with Gasteiger partial charge in [-0.05, 0) is 17.7 Å². The fourth-order valence-electron chi connectivity index (χ4n) is 2.19. The van der Waals surface area contributed by atoms with Gasteiger partial charge in [-0.2, -0.15) is 0 Å². The topological polar surface area (TPSA) is 47.3 Å². The summed E-state index contributed by atoms with van der Waals surface area (Å²) in [5.74, 6) is 2.09. The number of rotatable bonds is 4. The maximum Gasteiger partial charge on any atom is 0.121 e. The molecule has 102 valence electrons. The fourth-order valence-corrected chi connectivity index (χ4v) is 2.19. The van der Waals surface area contributed by atoms with Gasteiger partial charge in [-0.15, -0.1) is 0 Å². The van der Waals surface area contributed by atoms with Gasteiger partial charge in [0, 0.05) is 13.0 Å². The monoisotopic (exact) mass is 260 g/mol. The van der Waals surface area contributed by atoms with Crippen LogP contribution in [0.3, 0.4) is 0 Å². The maximum absolute atomic E-state index is 10.4. The zero-order valence-corrected chi connectivity index (χ0v) is 11.8. The van der Waals surface area contributed by atoms with Crippen molar-refractivity contribution in [1.82, 2.24) is 9.55 Å². The average molecular weight is 260 g/mol. The molecule has 4 heteroatoms. The van der Waals surface area contributed by atoms with Crippen molar-refractivity contribution in [1.29, 1.82) is 0 Å². The minimum Gasteiger partial charge on any atom is -0.497 e. The van der Waals surface area contributed by atoms with Crippen molar-refractivity contribution in [3.8, 4) is 5.75 Å². The lowest BCUT2D eigenvalue weighted by Crippen LogP contribution is -2.08. The Morgan fingerprint density at radius 3 is 2.32 bits per heavy atom. The van der Waals surface area contributed by atoms with Crippen LogP contribution < -0.4 is 4.74 Å². The van der Waals surface area contributed by atoms with Crippen molar-refractivity contribution in [2.75, 3.05) is 7.11 Å². The van der Waals surface area contributed by atoms with Crippen LogP contribution in [0.4, 0.5) is 0 Å². The van der Waals surface area contributed by atoms with Crippen molar-refractivity contribution >= 4 is 0 Å². The Labute approximate surface area is 113 Å². The smallest absolute Gasteiger partial charge is 0.121 e. The number of methoxy groups -OCH3 is 1. The zero-order chi connectivity index (χ0) is 14.0. The van der Waals surface area contributed by atoms with Gasteiger partial charge in [-0.3, -0.25) is 0 Å². The van der Waals surface area contributed by atoms with Crippen LogP contribution in [0.15, 0.2) is 30.5 Å². The van der Waals surface area contributed by atoms with Gasteiger partial charge in [0.05, 0.1) is 19.0 Å². The summed E-state index contributed by atoms with van der Waals surface area (Å²) in [5, 5.41) is 10.4. The van der Waals surface area contributed by atoms with Gasteiger partial charge in [0.1, 0.15) is 17.7 Å². The van der Waals surface area contributed by atoms with Crippen molar-refractivity contribution in [3.63, 3.8) is 0 Å². The number of hydrogen-bond donors (Lipinski definition) is 1. The van der Waals surface area contributed by atoms with Crippen LogP contribution in [0.5, 0.6) is 5.75 Å². The predicted molar refractivity (Wildman–Crippen MR) is 74.4 cm³/mol. The number of hydrogen-bond acceptors (Lipinski definition) is 3. The van der Waals surface area contributed by atoms with Crippen LogP contribution in [0.2, 0.25) is 0 Å². The lowest BCUT2D eigenvalue weighted by molar-refractivity contribution is 0.211. The standard InChI is InChI=1S/C15H20N2O2/c1-10(2)15-16-9-13(17(15)3)14(18)11-5-7-12(19-4)8-6-11/h5-10,14,18H,1-4H3/t14-/m1/s1. The molecule has 0 aliphatic carbocycles. The van der Waals surface area contributed by atoms with E-state index in [1.807, 2.05) is 35.9 Å². The van der Waals surface area contributed by atoms with Gasteiger partial charge in [0.15, 0.2) is 0 Å². The number of nitrogens with zero attached hydrogens (tertiary/aromatic N) is 2. The van der Waals surface area contributed by atoms with Crippen LogP contribution >= 0.6 is 0 Å². The molecule has 0 saturated carbocycles. The number of aromatic nitrogens is 2. The zero-order valence-electron chi connectivity index (χ0n) is 11.8. The molecule has 1 N–H and O–H groups in total. The second-order valence-corrected chi connectivity index (χ2v) is 4.93. The molecule has 0 radical (unpaired) electrons. The highest BCUT2D eigenvalue weighted by molar-refractivity contribution is 5.32. The fraction of sp³-hybridized carbons (Fsp3) is 0.400. The SMILES string of the molecule is COc1ccc([C@@H](O)c2cnc(C(C)C)n2C)cc1. The maximum atomic E-state index is 10.4. The van der Waals surface area contributed by atoms with Gasteiger partial charge >= 0.3 is 0 Å². The van der Waals surface area contributed by atoms with Crippen molar-refractivity contribution in [3.05, 3.63) is 47.5 Å². The number of imidazole rings is 1. The van der Waals surface area contributed by atoms with Gasteiger partial charge in [-0.1, -0.05) is 26.0 Å². The Kier molecular flexibility index (Phi) is 3.90. The number of benzene rings is 1. The van der Waals surface area contributed by atoms with Gasteiger partial charge in [0.2, 0.25) is 0 Å². The summed E-state index contributed by atoms with van der Waals surface area (Å²) in [6.45, 7) is 4.18. The van der Waals surface area contributed by atoms with Gasteiger partial charge < -0.3 is 14.4 Å². The Balaban J connectivity index is 2.30. The molecule has 0 aliphatic rings. The number of aliphatic hydroxyl groups excluding tert-OH is 1. The molecule has 2 aromatic rings. The van der Waals surface area contributed by atoms with E-state index in [2.05, 4.69) is 18.8 Å². The highest BCUT2D eigenvalue weighted by Crippen LogP contribution is 2.25. The summed E-state index contributed by atoms with van der Waals surface area (Å²) in [6.07, 6.45) is 1.07. The minimum absolute atomic E-state index is 0.335. The van der Waals surface area contributed by atoms with E-state index in [1.165, 1.54) is 0 Å². The molecule has 1 heterocycles. The molecule has 1 aromatic carbocycles. The summed E-state index contributed by atoms with van der Waals surface area (Å²) in [5.41, 5.74) is 1.63. The molecule has 2 rings (SSSR count). The molecule has 0 aliphatic heterocycles. The van der Waals surface area contributed by atoms with E-state index in [4.69, 9.17) is 4.74 Å². The molecule has 4 nitrogen and oxygen atoms in total. The second kappa shape index (κ2) is 5.45. The molecule has 0 bridgehead atoms. The predicted octanol–water partition coefficient (Wildman–Crippen LogP) is 2.63. The van der Waals surface area contributed by atoms with Crippen LogP contribution in [0, 0.1) is 0 Å². The molecule has 1 atom stereocenters. The summed E-state index contributed by atoms with van der Waals surface area (Å²) in [7, 11) is 3.56. The van der Waals surface area contributed by atoms with Gasteiger partial charge in [-0.25, -0.2) is 4.98 Å². The van der Waals surface area contributed by atoms with E-state index in [0.29, 0.717) is 5.92 Å². The van der Waals surface area contributed by atoms with E-state index < -0.39 is 6.10 Å². The average Bonchev–Trinajstić information content (AvgIpc) is 2.80. The van der Waals surface area contributed by atoms with Crippen LogP contribution in [-0.4, -0.2) is 21.8 Å². The molecule has 0 unspecified atom stereocenters. The third-order valence-electron chi connectivity index (χ3n) is 3.29. The Morgan fingerprint density at radius 1 is 1.21 bits per heavy atom. The lowest BCUT2D eigenvalue weighted by Gasteiger charge is -2.14. The first kappa shape index (κ1) is 13.6. The van der Waals surface area contributed by atoms with E-state index >= 15 is 0 Å². The molecule has 1 aromatic heterocycles. The summed E-state index contributed by atoms with van der Waals surface area (Å²) >= 11 is 0. The van der Waals surface area contributed by atoms with Crippen LogP contribution in [-0.2, 0) is 7.05 Å². The van der Waals surface area contributed by atoms with Crippen LogP contribution in [0.1, 0.15) is 43.0 Å².